The highest BCUT2D eigenvalue weighted by Gasteiger charge is 2.28. The number of rotatable bonds is 1. The summed E-state index contributed by atoms with van der Waals surface area (Å²) in [5.41, 5.74) is 0.786. The van der Waals surface area contributed by atoms with Gasteiger partial charge in [0.25, 0.3) is 5.91 Å². The molecule has 0 atom stereocenters. The average molecular weight is 251 g/mol. The van der Waals surface area contributed by atoms with Crippen LogP contribution in [0.25, 0.3) is 6.08 Å². The Bertz CT molecular complexity index is 497. The molecule has 0 unspecified atom stereocenters. The van der Waals surface area contributed by atoms with E-state index in [1.165, 1.54) is 16.7 Å². The second-order valence-corrected chi connectivity index (χ2v) is 5.01. The second kappa shape index (κ2) is 4.27. The van der Waals surface area contributed by atoms with Crippen LogP contribution >= 0.6 is 24.0 Å². The first-order valence-electron chi connectivity index (χ1n) is 4.58. The quantitative estimate of drug-likeness (QED) is 0.614. The van der Waals surface area contributed by atoms with Gasteiger partial charge in [-0.15, -0.1) is 0 Å². The summed E-state index contributed by atoms with van der Waals surface area (Å²) < 4.78 is 0.552. The number of hydrogen-bond donors (Lipinski definition) is 1. The Balaban J connectivity index is 2.33. The Morgan fingerprint density at radius 1 is 1.50 bits per heavy atom. The third kappa shape index (κ3) is 2.10. The molecule has 0 aliphatic carbocycles. The predicted molar refractivity (Wildman–Crippen MR) is 69.0 cm³/mol. The number of phenols is 1. The van der Waals surface area contributed by atoms with Gasteiger partial charge in [0.05, 0.1) is 4.91 Å². The van der Waals surface area contributed by atoms with Crippen molar-refractivity contribution in [2.45, 2.75) is 0 Å². The van der Waals surface area contributed by atoms with Crippen molar-refractivity contribution in [3.8, 4) is 5.75 Å². The molecular formula is C11H9NO2S2. The first-order valence-corrected chi connectivity index (χ1v) is 5.81. The lowest BCUT2D eigenvalue weighted by Gasteiger charge is -2.03. The molecule has 1 N–H and O–H groups in total. The third-order valence-electron chi connectivity index (χ3n) is 2.15. The van der Waals surface area contributed by atoms with Crippen molar-refractivity contribution in [3.05, 3.63) is 34.7 Å². The minimum atomic E-state index is -0.0988. The topological polar surface area (TPSA) is 40.5 Å². The number of nitrogens with zero attached hydrogens (tertiary/aromatic N) is 1. The number of benzene rings is 1. The van der Waals surface area contributed by atoms with Crippen LogP contribution in [0.1, 0.15) is 5.56 Å². The van der Waals surface area contributed by atoms with E-state index in [2.05, 4.69) is 0 Å². The fourth-order valence-electron chi connectivity index (χ4n) is 1.31. The minimum absolute atomic E-state index is 0.0988. The predicted octanol–water partition coefficient (Wildman–Crippen LogP) is 2.22. The summed E-state index contributed by atoms with van der Waals surface area (Å²) in [5.74, 6) is 0.0825. The highest BCUT2D eigenvalue weighted by atomic mass is 32.2. The van der Waals surface area contributed by atoms with Gasteiger partial charge in [0, 0.05) is 7.05 Å². The zero-order chi connectivity index (χ0) is 11.7. The van der Waals surface area contributed by atoms with Crippen molar-refractivity contribution >= 4 is 40.3 Å². The zero-order valence-electron chi connectivity index (χ0n) is 8.51. The first-order chi connectivity index (χ1) is 7.58. The van der Waals surface area contributed by atoms with Crippen LogP contribution in [0.15, 0.2) is 29.2 Å². The number of amides is 1. The lowest BCUT2D eigenvalue weighted by atomic mass is 10.2. The number of aromatic hydroxyl groups is 1. The lowest BCUT2D eigenvalue weighted by molar-refractivity contribution is -0.121. The molecule has 0 bridgehead atoms. The van der Waals surface area contributed by atoms with Crippen molar-refractivity contribution < 1.29 is 9.90 Å². The van der Waals surface area contributed by atoms with Gasteiger partial charge in [-0.1, -0.05) is 36.1 Å². The van der Waals surface area contributed by atoms with Crippen LogP contribution in [0, 0.1) is 0 Å². The molecule has 0 aromatic heterocycles. The van der Waals surface area contributed by atoms with E-state index in [0.717, 1.165) is 5.56 Å². The molecule has 16 heavy (non-hydrogen) atoms. The van der Waals surface area contributed by atoms with Gasteiger partial charge in [-0.3, -0.25) is 9.69 Å². The maximum atomic E-state index is 11.7. The SMILES string of the molecule is CN1C(=O)/C(=C/c2cccc(O)c2)SC1=S. The molecule has 1 heterocycles. The molecule has 1 fully saturated rings. The van der Waals surface area contributed by atoms with Gasteiger partial charge >= 0.3 is 0 Å². The van der Waals surface area contributed by atoms with Crippen molar-refractivity contribution in [1.82, 2.24) is 4.90 Å². The normalized spacial score (nSPS) is 18.6. The molecule has 0 spiro atoms. The van der Waals surface area contributed by atoms with Gasteiger partial charge in [0.15, 0.2) is 0 Å². The van der Waals surface area contributed by atoms with Crippen LogP contribution in [-0.2, 0) is 4.79 Å². The molecule has 0 saturated carbocycles. The fourth-order valence-corrected chi connectivity index (χ4v) is 2.49. The smallest absolute Gasteiger partial charge is 0.265 e. The summed E-state index contributed by atoms with van der Waals surface area (Å²) in [7, 11) is 1.65. The monoisotopic (exact) mass is 251 g/mol. The van der Waals surface area contributed by atoms with Gasteiger partial charge in [-0.25, -0.2) is 0 Å². The van der Waals surface area contributed by atoms with Gasteiger partial charge < -0.3 is 5.11 Å². The van der Waals surface area contributed by atoms with E-state index in [0.29, 0.717) is 9.23 Å². The molecule has 1 aliphatic heterocycles. The maximum absolute atomic E-state index is 11.7. The fraction of sp³-hybridized carbons (Fsp3) is 0.0909. The van der Waals surface area contributed by atoms with E-state index in [-0.39, 0.29) is 11.7 Å². The van der Waals surface area contributed by atoms with Crippen molar-refractivity contribution in [2.75, 3.05) is 7.05 Å². The van der Waals surface area contributed by atoms with Crippen LogP contribution in [-0.4, -0.2) is 27.3 Å². The molecule has 1 aromatic rings. The zero-order valence-corrected chi connectivity index (χ0v) is 10.1. The first kappa shape index (κ1) is 11.2. The van der Waals surface area contributed by atoms with Gasteiger partial charge in [0.1, 0.15) is 10.1 Å². The highest BCUT2D eigenvalue weighted by molar-refractivity contribution is 8.26. The molecule has 3 nitrogen and oxygen atoms in total. The van der Waals surface area contributed by atoms with E-state index in [4.69, 9.17) is 12.2 Å². The van der Waals surface area contributed by atoms with Crippen molar-refractivity contribution in [2.24, 2.45) is 0 Å². The van der Waals surface area contributed by atoms with E-state index in [1.807, 2.05) is 6.07 Å². The largest absolute Gasteiger partial charge is 0.508 e. The third-order valence-corrected chi connectivity index (χ3v) is 3.64. The van der Waals surface area contributed by atoms with E-state index in [1.54, 1.807) is 31.3 Å². The van der Waals surface area contributed by atoms with Crippen LogP contribution in [0.4, 0.5) is 0 Å². The summed E-state index contributed by atoms with van der Waals surface area (Å²) >= 11 is 6.29. The molecule has 1 saturated heterocycles. The van der Waals surface area contributed by atoms with Crippen LogP contribution in [0.2, 0.25) is 0 Å². The summed E-state index contributed by atoms with van der Waals surface area (Å²) in [6.07, 6.45) is 1.72. The Morgan fingerprint density at radius 2 is 2.25 bits per heavy atom. The van der Waals surface area contributed by atoms with Gasteiger partial charge in [-0.05, 0) is 23.8 Å². The Labute approximate surface area is 103 Å². The molecule has 1 amide bonds. The second-order valence-electron chi connectivity index (χ2n) is 3.34. The molecular weight excluding hydrogens is 242 g/mol. The number of thiocarbonyl (C=S) groups is 1. The van der Waals surface area contributed by atoms with Gasteiger partial charge in [-0.2, -0.15) is 0 Å². The minimum Gasteiger partial charge on any atom is -0.508 e. The van der Waals surface area contributed by atoms with Crippen molar-refractivity contribution in [1.29, 1.82) is 0 Å². The van der Waals surface area contributed by atoms with E-state index < -0.39 is 0 Å². The molecule has 1 aromatic carbocycles. The number of carbonyl (C=O) groups is 1. The molecule has 82 valence electrons. The van der Waals surface area contributed by atoms with E-state index >= 15 is 0 Å². The van der Waals surface area contributed by atoms with E-state index in [9.17, 15) is 9.90 Å². The molecule has 0 radical (unpaired) electrons. The van der Waals surface area contributed by atoms with Crippen LogP contribution in [0.5, 0.6) is 5.75 Å². The molecule has 1 aliphatic rings. The highest BCUT2D eigenvalue weighted by Crippen LogP contribution is 2.31. The number of likely N-dealkylation sites (N-methyl/N-ethyl adjacent to an activating group) is 1. The van der Waals surface area contributed by atoms with Crippen molar-refractivity contribution in [3.63, 3.8) is 0 Å². The summed E-state index contributed by atoms with van der Waals surface area (Å²) in [6, 6.07) is 6.74. The summed E-state index contributed by atoms with van der Waals surface area (Å²) in [6.45, 7) is 0. The standard InChI is InChI=1S/C11H9NO2S2/c1-12-10(14)9(16-11(12)15)6-7-3-2-4-8(13)5-7/h2-6,13H,1H3/b9-6-. The Kier molecular flexibility index (Phi) is 2.98. The number of thioether (sulfide) groups is 1. The molecule has 5 heteroatoms. The number of hydrogen-bond acceptors (Lipinski definition) is 4. The Morgan fingerprint density at radius 3 is 2.81 bits per heavy atom. The number of carbonyl (C=O) groups excluding carboxylic acids is 1. The van der Waals surface area contributed by atoms with Gasteiger partial charge in [0.2, 0.25) is 0 Å². The van der Waals surface area contributed by atoms with Crippen LogP contribution < -0.4 is 0 Å². The van der Waals surface area contributed by atoms with Crippen LogP contribution in [0.3, 0.4) is 0 Å². The lowest BCUT2D eigenvalue weighted by Crippen LogP contribution is -2.22. The maximum Gasteiger partial charge on any atom is 0.265 e. The molecule has 2 rings (SSSR count). The number of phenolic OH excluding ortho intramolecular Hbond substituents is 1. The Hall–Kier alpha value is -1.33. The summed E-state index contributed by atoms with van der Waals surface area (Å²) in [5, 5.41) is 9.30. The summed E-state index contributed by atoms with van der Waals surface area (Å²) in [4.78, 5) is 13.7. The average Bonchev–Trinajstić information content (AvgIpc) is 2.47.